The van der Waals surface area contributed by atoms with E-state index in [4.69, 9.17) is 40.8 Å². The summed E-state index contributed by atoms with van der Waals surface area (Å²) in [6.45, 7) is 0.135. The summed E-state index contributed by atoms with van der Waals surface area (Å²) in [6, 6.07) is -0.842. The topological polar surface area (TPSA) is 261 Å². The van der Waals surface area contributed by atoms with Crippen molar-refractivity contribution in [1.29, 1.82) is 0 Å². The predicted octanol–water partition coefficient (Wildman–Crippen LogP) is -3.27. The van der Waals surface area contributed by atoms with Crippen LogP contribution in [0.15, 0.2) is 12.3 Å². The second-order valence-corrected chi connectivity index (χ2v) is 7.82. The summed E-state index contributed by atoms with van der Waals surface area (Å²) < 4.78 is 29.2. The third-order valence-electron chi connectivity index (χ3n) is 2.54. The first kappa shape index (κ1) is 25.1. The fraction of sp³-hybridized carbons (Fsp3) is 0.667. The van der Waals surface area contributed by atoms with Gasteiger partial charge in [-0.1, -0.05) is 0 Å². The van der Waals surface area contributed by atoms with Gasteiger partial charge in [0.25, 0.3) is 0 Å². The maximum Gasteiger partial charge on any atom is 0.484 e. The molecule has 0 aliphatic carbocycles. The molecule has 1 aliphatic heterocycles. The van der Waals surface area contributed by atoms with Gasteiger partial charge in [0.2, 0.25) is 5.85 Å². The van der Waals surface area contributed by atoms with Gasteiger partial charge >= 0.3 is 21.7 Å². The zero-order valence-corrected chi connectivity index (χ0v) is 15.1. The molecule has 0 bridgehead atoms. The number of phosphoric ester groups is 1. The van der Waals surface area contributed by atoms with Crippen molar-refractivity contribution in [1.82, 2.24) is 10.6 Å². The van der Waals surface area contributed by atoms with Gasteiger partial charge in [0, 0.05) is 12.3 Å². The number of carbonyl (C=O) groups is 1. The first-order chi connectivity index (χ1) is 11.6. The molecule has 1 rings (SSSR count). The largest absolute Gasteiger partial charge is 0.484 e. The Morgan fingerprint density at radius 3 is 2.23 bits per heavy atom. The van der Waals surface area contributed by atoms with Gasteiger partial charge in [0.05, 0.1) is 13.2 Å². The smallest absolute Gasteiger partial charge is 0.394 e. The Labute approximate surface area is 146 Å². The summed E-state index contributed by atoms with van der Waals surface area (Å²) in [5, 5.41) is 38.3. The third kappa shape index (κ3) is 9.68. The van der Waals surface area contributed by atoms with E-state index < -0.39 is 52.4 Å². The number of urea groups is 1. The van der Waals surface area contributed by atoms with E-state index >= 15 is 0 Å². The molecule has 154 valence electrons. The molecule has 11 N–H and O–H groups in total. The van der Waals surface area contributed by atoms with Crippen LogP contribution in [0.25, 0.3) is 0 Å². The molecule has 17 heteroatoms. The number of hydrogen-bond donors (Lipinski definition) is 10. The van der Waals surface area contributed by atoms with E-state index in [0.29, 0.717) is 0 Å². The predicted molar refractivity (Wildman–Crippen MR) is 82.6 cm³/mol. The molecular formula is C9H21N3O12P2. The zero-order valence-electron chi connectivity index (χ0n) is 13.3. The van der Waals surface area contributed by atoms with Crippen LogP contribution < -0.4 is 16.4 Å². The maximum absolute atomic E-state index is 11.1. The molecule has 2 amide bonds. The van der Waals surface area contributed by atoms with E-state index in [0.717, 1.165) is 12.3 Å². The minimum Gasteiger partial charge on any atom is -0.394 e. The van der Waals surface area contributed by atoms with Crippen molar-refractivity contribution in [3.05, 3.63) is 12.3 Å². The van der Waals surface area contributed by atoms with Crippen LogP contribution in [-0.2, 0) is 18.0 Å². The molecule has 0 fully saturated rings. The minimum atomic E-state index is -5.25. The molecular weight excluding hydrogens is 404 g/mol. The lowest BCUT2D eigenvalue weighted by molar-refractivity contribution is -0.108. The number of nitrogens with one attached hydrogen (secondary N) is 2. The number of phosphoric acid groups is 2. The van der Waals surface area contributed by atoms with E-state index in [1.165, 1.54) is 6.92 Å². The molecule has 4 atom stereocenters. The normalized spacial score (nSPS) is 25.7. The molecule has 15 nitrogen and oxygen atoms in total. The van der Waals surface area contributed by atoms with Crippen LogP contribution in [-0.4, -0.2) is 71.9 Å². The summed E-state index contributed by atoms with van der Waals surface area (Å²) in [6.07, 6.45) is 0.666. The summed E-state index contributed by atoms with van der Waals surface area (Å²) in [7, 11) is -10.4. The van der Waals surface area contributed by atoms with Gasteiger partial charge in [-0.15, -0.1) is 0 Å². The highest BCUT2D eigenvalue weighted by Crippen LogP contribution is 2.58. The molecule has 1 aliphatic rings. The average Bonchev–Trinajstić information content (AvgIpc) is 2.42. The Morgan fingerprint density at radius 1 is 1.35 bits per heavy atom. The van der Waals surface area contributed by atoms with E-state index in [1.807, 2.05) is 5.32 Å². The zero-order chi connectivity index (χ0) is 20.8. The number of nitrogens with two attached hydrogens (primary N) is 1. The van der Waals surface area contributed by atoms with Gasteiger partial charge in [-0.3, -0.25) is 11.1 Å². The van der Waals surface area contributed by atoms with Crippen LogP contribution in [0.2, 0.25) is 0 Å². The summed E-state index contributed by atoms with van der Waals surface area (Å²) in [5.74, 6) is -2.22. The van der Waals surface area contributed by atoms with Crippen molar-refractivity contribution >= 4 is 21.7 Å². The number of aliphatic hydroxyl groups excluding tert-OH is 3. The van der Waals surface area contributed by atoms with Crippen LogP contribution >= 0.6 is 15.6 Å². The summed E-state index contributed by atoms with van der Waals surface area (Å²) >= 11 is 0. The lowest BCUT2D eigenvalue weighted by Gasteiger charge is -2.30. The Balaban J connectivity index is 0.000000590. The summed E-state index contributed by atoms with van der Waals surface area (Å²) in [5.41, 5.74) is 3.72. The molecule has 0 saturated heterocycles. The highest BCUT2D eigenvalue weighted by Gasteiger charge is 2.41. The monoisotopic (exact) mass is 425 g/mol. The molecule has 0 aromatic heterocycles. The number of amides is 2. The highest BCUT2D eigenvalue weighted by atomic mass is 31.3. The van der Waals surface area contributed by atoms with Crippen LogP contribution in [0.1, 0.15) is 6.92 Å². The lowest BCUT2D eigenvalue weighted by atomic mass is 10.0. The fourth-order valence-electron chi connectivity index (χ4n) is 1.19. The molecule has 0 aromatic carbocycles. The Kier molecular flexibility index (Phi) is 8.99. The van der Waals surface area contributed by atoms with Crippen molar-refractivity contribution in [3.63, 3.8) is 0 Å². The molecule has 26 heavy (non-hydrogen) atoms. The van der Waals surface area contributed by atoms with Crippen molar-refractivity contribution in [3.8, 4) is 0 Å². The number of rotatable bonds is 7. The summed E-state index contributed by atoms with van der Waals surface area (Å²) in [4.78, 5) is 36.5. The highest BCUT2D eigenvalue weighted by molar-refractivity contribution is 7.60. The van der Waals surface area contributed by atoms with Gasteiger partial charge in [-0.05, 0) is 6.92 Å². The maximum atomic E-state index is 11.1. The second-order valence-electron chi connectivity index (χ2n) is 5.07. The fourth-order valence-corrected chi connectivity index (χ4v) is 2.89. The van der Waals surface area contributed by atoms with Gasteiger partial charge in [-0.25, -0.2) is 18.4 Å². The molecule has 0 saturated carbocycles. The lowest BCUT2D eigenvalue weighted by Crippen LogP contribution is -2.60. The first-order valence-electron chi connectivity index (χ1n) is 6.54. The molecule has 4 unspecified atom stereocenters. The van der Waals surface area contributed by atoms with E-state index in [1.54, 1.807) is 0 Å². The average molecular weight is 425 g/mol. The molecule has 1 heterocycles. The van der Waals surface area contributed by atoms with Crippen LogP contribution in [0, 0.1) is 0 Å². The Morgan fingerprint density at radius 2 is 1.88 bits per heavy atom. The van der Waals surface area contributed by atoms with E-state index in [-0.39, 0.29) is 0 Å². The Hall–Kier alpha value is -0.930. The molecule has 0 spiro atoms. The van der Waals surface area contributed by atoms with Gasteiger partial charge in [-0.2, -0.15) is 4.31 Å². The van der Waals surface area contributed by atoms with Crippen LogP contribution in [0.5, 0.6) is 0 Å². The van der Waals surface area contributed by atoms with E-state index in [9.17, 15) is 13.9 Å². The number of carbonyl (C=O) groups excluding carboxylic acids is 1. The molecule has 0 aromatic rings. The molecule has 0 radical (unpaired) electrons. The van der Waals surface area contributed by atoms with Crippen molar-refractivity contribution in [2.75, 3.05) is 13.2 Å². The second kappa shape index (κ2) is 9.32. The minimum absolute atomic E-state index is 0.548. The van der Waals surface area contributed by atoms with Crippen LogP contribution in [0.3, 0.4) is 0 Å². The third-order valence-corrected chi connectivity index (χ3v) is 4.75. The first-order valence-corrected chi connectivity index (χ1v) is 9.56. The standard InChI is InChI=1S/C5H12O4.C4H9N3O8P2/c1-5(9,3-7)4(8)2-6;5-4(1-2-6-3(8)7-4)14-17(12,13)15-16(9,10)11/h4,6-9H,2-3H2,1H3;1-2H,5H2,(H,12,13)(H2,6,7,8)(H2,9,10,11). The van der Waals surface area contributed by atoms with Crippen molar-refractivity contribution in [2.45, 2.75) is 24.5 Å². The number of hydrogen-bond acceptors (Lipinski definition) is 10. The van der Waals surface area contributed by atoms with Gasteiger partial charge in [0.15, 0.2) is 0 Å². The van der Waals surface area contributed by atoms with E-state index in [2.05, 4.69) is 14.2 Å². The SMILES string of the molecule is CC(O)(CO)C(O)CO.NC1(OP(=O)(O)OP(=O)(O)O)C=CNC(=O)N1. The van der Waals surface area contributed by atoms with Crippen molar-refractivity contribution < 1.29 is 57.9 Å². The van der Waals surface area contributed by atoms with Crippen molar-refractivity contribution in [2.24, 2.45) is 5.73 Å². The van der Waals surface area contributed by atoms with Crippen LogP contribution in [0.4, 0.5) is 4.79 Å². The van der Waals surface area contributed by atoms with Gasteiger partial charge < -0.3 is 40.4 Å². The quantitative estimate of drug-likeness (QED) is 0.142. The number of aliphatic hydroxyl groups is 4. The Bertz CT molecular complexity index is 607. The van der Waals surface area contributed by atoms with Gasteiger partial charge in [0.1, 0.15) is 11.7 Å².